The molecule has 0 saturated carbocycles. The van der Waals surface area contributed by atoms with Crippen molar-refractivity contribution in [3.63, 3.8) is 0 Å². The van der Waals surface area contributed by atoms with E-state index >= 15 is 0 Å². The lowest BCUT2D eigenvalue weighted by Gasteiger charge is -2.29. The summed E-state index contributed by atoms with van der Waals surface area (Å²) in [6, 6.07) is 15.5. The van der Waals surface area contributed by atoms with Crippen LogP contribution < -0.4 is 5.32 Å². The highest BCUT2D eigenvalue weighted by atomic mass is 32.1. The highest BCUT2D eigenvalue weighted by Gasteiger charge is 2.39. The number of hydrogen-bond acceptors (Lipinski definition) is 5. The van der Waals surface area contributed by atoms with Crippen LogP contribution in [0.1, 0.15) is 28.8 Å². The van der Waals surface area contributed by atoms with Gasteiger partial charge < -0.3 is 9.47 Å². The molecule has 33 heavy (non-hydrogen) atoms. The summed E-state index contributed by atoms with van der Waals surface area (Å²) in [5, 5.41) is 3.54. The minimum atomic E-state index is -0.611. The summed E-state index contributed by atoms with van der Waals surface area (Å²) in [7, 11) is 1.98. The van der Waals surface area contributed by atoms with Crippen molar-refractivity contribution in [3.8, 4) is 22.0 Å². The molecule has 164 valence electrons. The molecule has 0 radical (unpaired) electrons. The van der Waals surface area contributed by atoms with Crippen molar-refractivity contribution in [1.29, 1.82) is 0 Å². The third kappa shape index (κ3) is 3.25. The van der Waals surface area contributed by atoms with Crippen LogP contribution in [0.4, 0.5) is 0 Å². The molecule has 2 aromatic carbocycles. The van der Waals surface area contributed by atoms with Crippen LogP contribution in [0, 0.1) is 0 Å². The summed E-state index contributed by atoms with van der Waals surface area (Å²) in [6.07, 6.45) is 2.60. The van der Waals surface area contributed by atoms with Crippen LogP contribution in [0.5, 0.6) is 0 Å². The lowest BCUT2D eigenvalue weighted by atomic mass is 10.0. The number of rotatable bonds is 3. The van der Waals surface area contributed by atoms with Gasteiger partial charge in [0.1, 0.15) is 6.04 Å². The van der Waals surface area contributed by atoms with E-state index in [1.807, 2.05) is 48.1 Å². The predicted molar refractivity (Wildman–Crippen MR) is 126 cm³/mol. The van der Waals surface area contributed by atoms with E-state index in [4.69, 9.17) is 4.98 Å². The van der Waals surface area contributed by atoms with Crippen molar-refractivity contribution < 1.29 is 14.4 Å². The molecule has 3 amide bonds. The molecule has 4 aromatic rings. The van der Waals surface area contributed by atoms with Crippen molar-refractivity contribution in [2.45, 2.75) is 25.4 Å². The van der Waals surface area contributed by atoms with E-state index in [0.717, 1.165) is 27.5 Å². The van der Waals surface area contributed by atoms with Crippen molar-refractivity contribution in [2.24, 2.45) is 7.05 Å². The summed E-state index contributed by atoms with van der Waals surface area (Å²) in [5.74, 6) is 0.0450. The van der Waals surface area contributed by atoms with Gasteiger partial charge in [0.05, 0.1) is 10.6 Å². The average Bonchev–Trinajstić information content (AvgIpc) is 3.48. The van der Waals surface area contributed by atoms with Crippen LogP contribution in [0.15, 0.2) is 54.7 Å². The molecule has 1 saturated heterocycles. The van der Waals surface area contributed by atoms with E-state index in [2.05, 4.69) is 23.5 Å². The van der Waals surface area contributed by atoms with Gasteiger partial charge in [-0.25, -0.2) is 4.98 Å². The topological polar surface area (TPSA) is 84.3 Å². The Kier molecular flexibility index (Phi) is 4.45. The zero-order chi connectivity index (χ0) is 22.7. The lowest BCUT2D eigenvalue weighted by Crippen LogP contribution is -2.52. The average molecular weight is 457 g/mol. The number of aromatic nitrogens is 2. The largest absolute Gasteiger partial charge is 0.333 e. The van der Waals surface area contributed by atoms with Gasteiger partial charge in [-0.2, -0.15) is 0 Å². The number of thiophene rings is 1. The van der Waals surface area contributed by atoms with Gasteiger partial charge >= 0.3 is 0 Å². The molecule has 1 atom stereocenters. The molecule has 1 unspecified atom stereocenters. The molecule has 0 bridgehead atoms. The van der Waals surface area contributed by atoms with Gasteiger partial charge in [-0.15, -0.1) is 11.3 Å². The fourth-order valence-corrected chi connectivity index (χ4v) is 5.76. The third-order valence-electron chi connectivity index (χ3n) is 6.34. The van der Waals surface area contributed by atoms with Crippen LogP contribution in [-0.2, 0) is 23.2 Å². The Bertz CT molecular complexity index is 1430. The molecule has 4 heterocycles. The lowest BCUT2D eigenvalue weighted by molar-refractivity contribution is -0.136. The first kappa shape index (κ1) is 19.9. The second kappa shape index (κ2) is 7.38. The third-order valence-corrected chi connectivity index (χ3v) is 7.45. The Morgan fingerprint density at radius 1 is 1.09 bits per heavy atom. The molecular weight excluding hydrogens is 436 g/mol. The van der Waals surface area contributed by atoms with Crippen LogP contribution in [0.3, 0.4) is 0 Å². The molecule has 1 N–H and O–H groups in total. The number of imide groups is 1. The number of nitrogens with zero attached hydrogens (tertiary/aromatic N) is 3. The van der Waals surface area contributed by atoms with Gasteiger partial charge in [0.2, 0.25) is 11.8 Å². The smallest absolute Gasteiger partial charge is 0.255 e. The number of imidazole rings is 1. The second-order valence-corrected chi connectivity index (χ2v) is 9.56. The number of amides is 3. The quantitative estimate of drug-likeness (QED) is 0.476. The number of benzene rings is 2. The number of hydrogen-bond donors (Lipinski definition) is 1. The van der Waals surface area contributed by atoms with Crippen molar-refractivity contribution >= 4 is 39.1 Å². The molecule has 8 heteroatoms. The maximum atomic E-state index is 12.9. The first-order chi connectivity index (χ1) is 16.0. The fraction of sp³-hybridized carbons (Fsp3) is 0.200. The normalized spacial score (nSPS) is 18.2. The van der Waals surface area contributed by atoms with E-state index in [1.165, 1.54) is 10.1 Å². The standard InChI is InChI=1S/C25H20N4O3S/c1-28-13-18(26-23(28)21-11-15-4-2-3-5-20(15)33-21)14-6-7-17-16(10-14)12-29(25(17)32)19-8-9-22(30)27-24(19)31/h2-7,10-11,13,19H,8-9,12H2,1H3,(H,27,30,31). The van der Waals surface area contributed by atoms with E-state index in [-0.39, 0.29) is 18.2 Å². The molecule has 1 fully saturated rings. The Morgan fingerprint density at radius 3 is 2.76 bits per heavy atom. The fourth-order valence-electron chi connectivity index (χ4n) is 4.66. The molecule has 7 nitrogen and oxygen atoms in total. The number of fused-ring (bicyclic) bond motifs is 2. The van der Waals surface area contributed by atoms with Gasteiger partial charge in [0, 0.05) is 42.0 Å². The number of aryl methyl sites for hydroxylation is 1. The summed E-state index contributed by atoms with van der Waals surface area (Å²) in [5.41, 5.74) is 3.23. The molecule has 2 aliphatic rings. The summed E-state index contributed by atoms with van der Waals surface area (Å²) in [4.78, 5) is 44.3. The van der Waals surface area contributed by atoms with Crippen molar-refractivity contribution in [1.82, 2.24) is 19.8 Å². The highest BCUT2D eigenvalue weighted by molar-refractivity contribution is 7.22. The van der Waals surface area contributed by atoms with Gasteiger partial charge in [0.25, 0.3) is 5.91 Å². The van der Waals surface area contributed by atoms with Crippen LogP contribution >= 0.6 is 11.3 Å². The molecule has 2 aromatic heterocycles. The number of nitrogens with one attached hydrogen (secondary N) is 1. The van der Waals surface area contributed by atoms with Crippen molar-refractivity contribution in [3.05, 3.63) is 65.9 Å². The SMILES string of the molecule is Cn1cc(-c2ccc3c(c2)CN(C2CCC(=O)NC2=O)C3=O)nc1-c1cc2ccccc2s1. The van der Waals surface area contributed by atoms with E-state index < -0.39 is 11.9 Å². The van der Waals surface area contributed by atoms with Crippen LogP contribution in [0.25, 0.3) is 32.0 Å². The number of carbonyl (C=O) groups excluding carboxylic acids is 3. The predicted octanol–water partition coefficient (Wildman–Crippen LogP) is 3.73. The summed E-state index contributed by atoms with van der Waals surface area (Å²) in [6.45, 7) is 0.351. The zero-order valence-corrected chi connectivity index (χ0v) is 18.7. The Hall–Kier alpha value is -3.78. The Morgan fingerprint density at radius 2 is 1.94 bits per heavy atom. The maximum absolute atomic E-state index is 12.9. The Balaban J connectivity index is 1.31. The highest BCUT2D eigenvalue weighted by Crippen LogP contribution is 2.35. The first-order valence-electron chi connectivity index (χ1n) is 10.8. The molecule has 2 aliphatic heterocycles. The van der Waals surface area contributed by atoms with Crippen LogP contribution in [-0.4, -0.2) is 38.2 Å². The molecule has 6 rings (SSSR count). The zero-order valence-electron chi connectivity index (χ0n) is 17.9. The molecule has 0 spiro atoms. The summed E-state index contributed by atoms with van der Waals surface area (Å²) < 4.78 is 3.25. The minimum Gasteiger partial charge on any atom is -0.333 e. The van der Waals surface area contributed by atoms with E-state index in [0.29, 0.717) is 18.5 Å². The monoisotopic (exact) mass is 456 g/mol. The first-order valence-corrected chi connectivity index (χ1v) is 11.6. The summed E-state index contributed by atoms with van der Waals surface area (Å²) >= 11 is 1.71. The van der Waals surface area contributed by atoms with Gasteiger partial charge in [-0.05, 0) is 41.6 Å². The minimum absolute atomic E-state index is 0.168. The second-order valence-electron chi connectivity index (χ2n) is 8.48. The molecular formula is C25H20N4O3S. The van der Waals surface area contributed by atoms with Gasteiger partial charge in [-0.3, -0.25) is 19.7 Å². The van der Waals surface area contributed by atoms with Crippen LogP contribution in [0.2, 0.25) is 0 Å². The number of carbonyl (C=O) groups is 3. The van der Waals surface area contributed by atoms with Gasteiger partial charge in [-0.1, -0.05) is 24.3 Å². The van der Waals surface area contributed by atoms with Gasteiger partial charge in [0.15, 0.2) is 5.82 Å². The van der Waals surface area contributed by atoms with E-state index in [9.17, 15) is 14.4 Å². The van der Waals surface area contributed by atoms with Crippen molar-refractivity contribution in [2.75, 3.05) is 0 Å². The Labute approximate surface area is 193 Å². The molecule has 0 aliphatic carbocycles. The number of piperidine rings is 1. The van der Waals surface area contributed by atoms with E-state index in [1.54, 1.807) is 16.2 Å². The maximum Gasteiger partial charge on any atom is 0.255 e.